The Morgan fingerprint density at radius 2 is 2.06 bits per heavy atom. The minimum absolute atomic E-state index is 0.0435. The van der Waals surface area contributed by atoms with Crippen molar-refractivity contribution in [3.8, 4) is 11.9 Å². The van der Waals surface area contributed by atoms with Gasteiger partial charge in [-0.3, -0.25) is 0 Å². The Hall–Kier alpha value is -1.84. The average Bonchev–Trinajstić information content (AvgIpc) is 2.20. The summed E-state index contributed by atoms with van der Waals surface area (Å²) in [4.78, 5) is 3.51. The Labute approximate surface area is 94.6 Å². The van der Waals surface area contributed by atoms with Gasteiger partial charge in [0.15, 0.2) is 0 Å². The number of rotatable bonds is 3. The van der Waals surface area contributed by atoms with E-state index in [-0.39, 0.29) is 17.7 Å². The molecule has 0 N–H and O–H groups in total. The number of pyridine rings is 1. The summed E-state index contributed by atoms with van der Waals surface area (Å²) in [6.07, 6.45) is -4.96. The van der Waals surface area contributed by atoms with Crippen LogP contribution in [0, 0.1) is 18.3 Å². The first-order chi connectivity index (χ1) is 7.87. The summed E-state index contributed by atoms with van der Waals surface area (Å²) in [5.74, 6) is -0.806. The molecule has 0 amide bonds. The molecule has 1 rings (SSSR count). The molecule has 1 heterocycles. The number of hydrogen-bond donors (Lipinski definition) is 0. The zero-order chi connectivity index (χ0) is 13.1. The molecular formula is C10H8F4N2O. The molecule has 0 radical (unpaired) electrons. The van der Waals surface area contributed by atoms with E-state index >= 15 is 0 Å². The van der Waals surface area contributed by atoms with E-state index < -0.39 is 18.9 Å². The van der Waals surface area contributed by atoms with E-state index in [1.54, 1.807) is 0 Å². The van der Waals surface area contributed by atoms with Crippen molar-refractivity contribution in [2.75, 3.05) is 0 Å². The number of alkyl halides is 4. The monoisotopic (exact) mass is 248 g/mol. The predicted molar refractivity (Wildman–Crippen MR) is 49.8 cm³/mol. The van der Waals surface area contributed by atoms with E-state index in [2.05, 4.69) is 9.72 Å². The van der Waals surface area contributed by atoms with E-state index in [9.17, 15) is 17.6 Å². The largest absolute Gasteiger partial charge is 0.574 e. The van der Waals surface area contributed by atoms with Crippen LogP contribution in [-0.2, 0) is 13.1 Å². The average molecular weight is 248 g/mol. The molecule has 0 spiro atoms. The van der Waals surface area contributed by atoms with Crippen molar-refractivity contribution in [2.24, 2.45) is 0 Å². The summed E-state index contributed by atoms with van der Waals surface area (Å²) in [5.41, 5.74) is 0.274. The Balaban J connectivity index is 3.15. The molecular weight excluding hydrogens is 240 g/mol. The lowest BCUT2D eigenvalue weighted by Crippen LogP contribution is -2.19. The van der Waals surface area contributed by atoms with Crippen LogP contribution in [0.3, 0.4) is 0 Å². The molecule has 1 aromatic heterocycles. The van der Waals surface area contributed by atoms with Gasteiger partial charge >= 0.3 is 6.36 Å². The van der Waals surface area contributed by atoms with Crippen LogP contribution in [0.1, 0.15) is 16.8 Å². The fourth-order valence-electron chi connectivity index (χ4n) is 1.23. The molecule has 0 atom stereocenters. The van der Waals surface area contributed by atoms with Crippen molar-refractivity contribution < 1.29 is 22.3 Å². The molecule has 0 aromatic carbocycles. The van der Waals surface area contributed by atoms with Gasteiger partial charge in [0.05, 0.1) is 12.5 Å². The second-order valence-electron chi connectivity index (χ2n) is 3.21. The summed E-state index contributed by atoms with van der Waals surface area (Å²) in [5, 5.41) is 8.48. The maximum Gasteiger partial charge on any atom is 0.574 e. The van der Waals surface area contributed by atoms with Crippen molar-refractivity contribution in [3.63, 3.8) is 0 Å². The molecule has 0 saturated carbocycles. The van der Waals surface area contributed by atoms with Crippen LogP contribution in [-0.4, -0.2) is 11.3 Å². The summed E-state index contributed by atoms with van der Waals surface area (Å²) in [6.45, 7) is 0.287. The molecule has 92 valence electrons. The van der Waals surface area contributed by atoms with Crippen molar-refractivity contribution in [2.45, 2.75) is 26.4 Å². The lowest BCUT2D eigenvalue weighted by atomic mass is 10.1. The molecule has 0 fully saturated rings. The predicted octanol–water partition coefficient (Wildman–Crippen LogP) is 2.82. The number of ether oxygens (including phenoxy) is 1. The topological polar surface area (TPSA) is 45.9 Å². The first kappa shape index (κ1) is 13.2. The third-order valence-corrected chi connectivity index (χ3v) is 1.98. The van der Waals surface area contributed by atoms with Gasteiger partial charge in [0.1, 0.15) is 6.67 Å². The number of halogens is 4. The highest BCUT2D eigenvalue weighted by Crippen LogP contribution is 2.27. The molecule has 0 aliphatic rings. The lowest BCUT2D eigenvalue weighted by Gasteiger charge is -2.12. The van der Waals surface area contributed by atoms with E-state index in [0.717, 1.165) is 6.07 Å². The van der Waals surface area contributed by atoms with Crippen LogP contribution < -0.4 is 4.74 Å². The van der Waals surface area contributed by atoms with Gasteiger partial charge in [-0.15, -0.1) is 13.2 Å². The number of nitriles is 1. The van der Waals surface area contributed by atoms with Gasteiger partial charge in [-0.2, -0.15) is 5.26 Å². The zero-order valence-corrected chi connectivity index (χ0v) is 8.81. The molecule has 17 heavy (non-hydrogen) atoms. The van der Waals surface area contributed by atoms with Gasteiger partial charge in [-0.05, 0) is 18.6 Å². The van der Waals surface area contributed by atoms with Crippen molar-refractivity contribution in [3.05, 3.63) is 22.9 Å². The Kier molecular flexibility index (Phi) is 3.89. The Bertz CT molecular complexity index is 451. The fourth-order valence-corrected chi connectivity index (χ4v) is 1.23. The quantitative estimate of drug-likeness (QED) is 0.772. The lowest BCUT2D eigenvalue weighted by molar-refractivity contribution is -0.276. The molecule has 0 unspecified atom stereocenters. The second kappa shape index (κ2) is 4.99. The standard InChI is InChI=1S/C10H8F4N2O/c1-6-7(2-3-15)4-8(5-11)9(16-6)17-10(12,13)14/h4H,2,5H2,1H3. The highest BCUT2D eigenvalue weighted by molar-refractivity contribution is 5.35. The number of aryl methyl sites for hydroxylation is 1. The van der Waals surface area contributed by atoms with Crippen LogP contribution in [0.2, 0.25) is 0 Å². The Morgan fingerprint density at radius 3 is 2.53 bits per heavy atom. The summed E-state index contributed by atoms with van der Waals surface area (Å²) in [7, 11) is 0. The van der Waals surface area contributed by atoms with Crippen LogP contribution in [0.15, 0.2) is 6.07 Å². The maximum atomic E-state index is 12.5. The minimum Gasteiger partial charge on any atom is -0.387 e. The van der Waals surface area contributed by atoms with E-state index in [1.165, 1.54) is 6.92 Å². The maximum absolute atomic E-state index is 12.5. The van der Waals surface area contributed by atoms with E-state index in [0.29, 0.717) is 5.56 Å². The molecule has 7 heteroatoms. The normalized spacial score (nSPS) is 11.1. The number of hydrogen-bond acceptors (Lipinski definition) is 3. The minimum atomic E-state index is -4.92. The van der Waals surface area contributed by atoms with Gasteiger partial charge in [0.25, 0.3) is 0 Å². The van der Waals surface area contributed by atoms with Gasteiger partial charge in [0, 0.05) is 11.3 Å². The van der Waals surface area contributed by atoms with Crippen molar-refractivity contribution in [1.29, 1.82) is 5.26 Å². The van der Waals surface area contributed by atoms with Crippen LogP contribution in [0.25, 0.3) is 0 Å². The van der Waals surface area contributed by atoms with Crippen LogP contribution in [0.5, 0.6) is 5.88 Å². The van der Waals surface area contributed by atoms with Crippen LogP contribution in [0.4, 0.5) is 17.6 Å². The highest BCUT2D eigenvalue weighted by Gasteiger charge is 2.33. The summed E-state index contributed by atoms with van der Waals surface area (Å²) < 4.78 is 52.1. The highest BCUT2D eigenvalue weighted by atomic mass is 19.4. The van der Waals surface area contributed by atoms with Gasteiger partial charge in [0.2, 0.25) is 5.88 Å². The summed E-state index contributed by atoms with van der Waals surface area (Å²) >= 11 is 0. The molecule has 0 bridgehead atoms. The first-order valence-corrected chi connectivity index (χ1v) is 4.55. The number of aromatic nitrogens is 1. The SMILES string of the molecule is Cc1nc(OC(F)(F)F)c(CF)cc1CC#N. The molecule has 0 aliphatic carbocycles. The van der Waals surface area contributed by atoms with Crippen LogP contribution >= 0.6 is 0 Å². The second-order valence-corrected chi connectivity index (χ2v) is 3.21. The molecule has 0 saturated heterocycles. The third kappa shape index (κ3) is 3.59. The van der Waals surface area contributed by atoms with Gasteiger partial charge < -0.3 is 4.74 Å². The van der Waals surface area contributed by atoms with Gasteiger partial charge in [-0.1, -0.05) is 0 Å². The fraction of sp³-hybridized carbons (Fsp3) is 0.400. The van der Waals surface area contributed by atoms with E-state index in [1.807, 2.05) is 6.07 Å². The molecule has 3 nitrogen and oxygen atoms in total. The smallest absolute Gasteiger partial charge is 0.387 e. The van der Waals surface area contributed by atoms with Crippen molar-refractivity contribution in [1.82, 2.24) is 4.98 Å². The van der Waals surface area contributed by atoms with E-state index in [4.69, 9.17) is 5.26 Å². The first-order valence-electron chi connectivity index (χ1n) is 4.55. The Morgan fingerprint density at radius 1 is 1.41 bits per heavy atom. The zero-order valence-electron chi connectivity index (χ0n) is 8.81. The summed E-state index contributed by atoms with van der Waals surface area (Å²) in [6, 6.07) is 2.98. The number of nitrogens with zero attached hydrogens (tertiary/aromatic N) is 2. The molecule has 1 aromatic rings. The van der Waals surface area contributed by atoms with Crippen molar-refractivity contribution >= 4 is 0 Å². The van der Waals surface area contributed by atoms with Gasteiger partial charge in [-0.25, -0.2) is 9.37 Å². The third-order valence-electron chi connectivity index (χ3n) is 1.98. The molecule has 0 aliphatic heterocycles.